The van der Waals surface area contributed by atoms with E-state index in [1.165, 1.54) is 12.1 Å². The number of fused-ring (bicyclic) bond motifs is 1. The van der Waals surface area contributed by atoms with Gasteiger partial charge in [-0.25, -0.2) is 4.39 Å². The van der Waals surface area contributed by atoms with Gasteiger partial charge in [-0.2, -0.15) is 0 Å². The molecule has 0 saturated heterocycles. The minimum absolute atomic E-state index is 0.107. The fourth-order valence-corrected chi connectivity index (χ4v) is 3.76. The first kappa shape index (κ1) is 22.3. The van der Waals surface area contributed by atoms with Gasteiger partial charge in [-0.3, -0.25) is 9.59 Å². The van der Waals surface area contributed by atoms with Crippen molar-refractivity contribution in [1.82, 2.24) is 4.90 Å². The first-order chi connectivity index (χ1) is 15.9. The summed E-state index contributed by atoms with van der Waals surface area (Å²) in [6, 6.07) is 18.8. The highest BCUT2D eigenvalue weighted by Crippen LogP contribution is 2.29. The minimum Gasteiger partial charge on any atom is -0.497 e. The molecule has 1 unspecified atom stereocenters. The second-order valence-electron chi connectivity index (χ2n) is 7.98. The number of benzene rings is 3. The van der Waals surface area contributed by atoms with Crippen molar-refractivity contribution < 1.29 is 23.5 Å². The molecule has 4 rings (SSSR count). The van der Waals surface area contributed by atoms with Gasteiger partial charge in [-0.1, -0.05) is 24.3 Å². The molecule has 33 heavy (non-hydrogen) atoms. The quantitative estimate of drug-likeness (QED) is 0.610. The van der Waals surface area contributed by atoms with E-state index in [1.54, 1.807) is 43.2 Å². The first-order valence-corrected chi connectivity index (χ1v) is 10.7. The highest BCUT2D eigenvalue weighted by atomic mass is 19.1. The van der Waals surface area contributed by atoms with E-state index in [4.69, 9.17) is 9.47 Å². The SMILES string of the molecule is COc1ccc(CN2Cc3cc(NC(=O)Cc4ccc(F)cc4)ccc3OC(C)C2=O)cc1. The van der Waals surface area contributed by atoms with Crippen molar-refractivity contribution in [2.24, 2.45) is 0 Å². The summed E-state index contributed by atoms with van der Waals surface area (Å²) < 4.78 is 24.2. The molecule has 7 heteroatoms. The molecule has 1 N–H and O–H groups in total. The third kappa shape index (κ3) is 5.49. The molecule has 3 aromatic carbocycles. The van der Waals surface area contributed by atoms with E-state index in [9.17, 15) is 14.0 Å². The Labute approximate surface area is 191 Å². The number of nitrogens with zero attached hydrogens (tertiary/aromatic N) is 1. The number of anilines is 1. The van der Waals surface area contributed by atoms with Crippen LogP contribution >= 0.6 is 0 Å². The van der Waals surface area contributed by atoms with Gasteiger partial charge in [0.05, 0.1) is 13.5 Å². The Kier molecular flexibility index (Phi) is 6.58. The van der Waals surface area contributed by atoms with Crippen LogP contribution in [0.25, 0.3) is 0 Å². The van der Waals surface area contributed by atoms with E-state index in [0.717, 1.165) is 22.4 Å². The highest BCUT2D eigenvalue weighted by Gasteiger charge is 2.28. The molecule has 0 aliphatic carbocycles. The maximum absolute atomic E-state index is 13.1. The van der Waals surface area contributed by atoms with Crippen molar-refractivity contribution >= 4 is 17.5 Å². The summed E-state index contributed by atoms with van der Waals surface area (Å²) in [5.41, 5.74) is 3.11. The van der Waals surface area contributed by atoms with Crippen LogP contribution in [0.4, 0.5) is 10.1 Å². The number of nitrogens with one attached hydrogen (secondary N) is 1. The van der Waals surface area contributed by atoms with E-state index in [0.29, 0.717) is 24.5 Å². The zero-order chi connectivity index (χ0) is 23.4. The maximum Gasteiger partial charge on any atom is 0.263 e. The lowest BCUT2D eigenvalue weighted by atomic mass is 10.1. The van der Waals surface area contributed by atoms with Crippen LogP contribution in [0.2, 0.25) is 0 Å². The first-order valence-electron chi connectivity index (χ1n) is 10.7. The molecular weight excluding hydrogens is 423 g/mol. The molecular formula is C26H25FN2O4. The second-order valence-corrected chi connectivity index (χ2v) is 7.98. The Balaban J connectivity index is 1.49. The average Bonchev–Trinajstić information content (AvgIpc) is 2.92. The molecule has 0 radical (unpaired) electrons. The molecule has 0 bridgehead atoms. The van der Waals surface area contributed by atoms with E-state index >= 15 is 0 Å². The summed E-state index contributed by atoms with van der Waals surface area (Å²) in [4.78, 5) is 27.1. The molecule has 6 nitrogen and oxygen atoms in total. The van der Waals surface area contributed by atoms with Crippen molar-refractivity contribution in [3.8, 4) is 11.5 Å². The normalized spacial score (nSPS) is 15.3. The van der Waals surface area contributed by atoms with Crippen LogP contribution in [-0.4, -0.2) is 29.9 Å². The van der Waals surface area contributed by atoms with Gasteiger partial charge in [0.2, 0.25) is 5.91 Å². The largest absolute Gasteiger partial charge is 0.497 e. The van der Waals surface area contributed by atoms with Crippen molar-refractivity contribution in [3.05, 3.63) is 89.2 Å². The molecule has 1 atom stereocenters. The van der Waals surface area contributed by atoms with E-state index in [2.05, 4.69) is 5.32 Å². The van der Waals surface area contributed by atoms with Gasteiger partial charge in [0, 0.05) is 24.3 Å². The van der Waals surface area contributed by atoms with Gasteiger partial charge in [0.25, 0.3) is 5.91 Å². The summed E-state index contributed by atoms with van der Waals surface area (Å²) in [7, 11) is 1.61. The van der Waals surface area contributed by atoms with Crippen LogP contribution in [0, 0.1) is 5.82 Å². The van der Waals surface area contributed by atoms with Crippen molar-refractivity contribution in [1.29, 1.82) is 0 Å². The number of hydrogen-bond acceptors (Lipinski definition) is 4. The lowest BCUT2D eigenvalue weighted by Gasteiger charge is -2.22. The molecule has 1 aliphatic rings. The minimum atomic E-state index is -0.622. The van der Waals surface area contributed by atoms with Gasteiger partial charge >= 0.3 is 0 Å². The van der Waals surface area contributed by atoms with Gasteiger partial charge < -0.3 is 19.7 Å². The summed E-state index contributed by atoms with van der Waals surface area (Å²) in [5.74, 6) is 0.709. The lowest BCUT2D eigenvalue weighted by Crippen LogP contribution is -2.37. The van der Waals surface area contributed by atoms with E-state index < -0.39 is 6.10 Å². The number of ether oxygens (including phenoxy) is 2. The lowest BCUT2D eigenvalue weighted by molar-refractivity contribution is -0.138. The third-order valence-corrected chi connectivity index (χ3v) is 5.48. The van der Waals surface area contributed by atoms with Crippen LogP contribution in [0.15, 0.2) is 66.7 Å². The fraction of sp³-hybridized carbons (Fsp3) is 0.231. The molecule has 170 valence electrons. The number of carbonyl (C=O) groups excluding carboxylic acids is 2. The monoisotopic (exact) mass is 448 g/mol. The number of amides is 2. The molecule has 0 aromatic heterocycles. The second kappa shape index (κ2) is 9.73. The molecule has 0 spiro atoms. The number of carbonyl (C=O) groups is 2. The number of hydrogen-bond donors (Lipinski definition) is 1. The van der Waals surface area contributed by atoms with Crippen LogP contribution in [-0.2, 0) is 29.1 Å². The van der Waals surface area contributed by atoms with Gasteiger partial charge in [0.15, 0.2) is 6.10 Å². The van der Waals surface area contributed by atoms with Crippen molar-refractivity contribution in [2.45, 2.75) is 32.5 Å². The van der Waals surface area contributed by atoms with E-state index in [1.807, 2.05) is 30.3 Å². The number of methoxy groups -OCH3 is 1. The average molecular weight is 448 g/mol. The van der Waals surface area contributed by atoms with E-state index in [-0.39, 0.29) is 24.1 Å². The number of rotatable bonds is 6. The number of halogens is 1. The predicted octanol–water partition coefficient (Wildman–Crippen LogP) is 4.33. The topological polar surface area (TPSA) is 67.9 Å². The molecule has 1 heterocycles. The molecule has 0 fully saturated rings. The molecule has 1 aliphatic heterocycles. The van der Waals surface area contributed by atoms with Crippen LogP contribution in [0.1, 0.15) is 23.6 Å². The third-order valence-electron chi connectivity index (χ3n) is 5.48. The highest BCUT2D eigenvalue weighted by molar-refractivity contribution is 5.92. The Hall–Kier alpha value is -3.87. The Morgan fingerprint density at radius 2 is 1.79 bits per heavy atom. The van der Waals surface area contributed by atoms with Gasteiger partial charge in [-0.05, 0) is 60.5 Å². The summed E-state index contributed by atoms with van der Waals surface area (Å²) in [6.07, 6.45) is -0.490. The molecule has 0 saturated carbocycles. The summed E-state index contributed by atoms with van der Waals surface area (Å²) in [6.45, 7) is 2.51. The Bertz CT molecular complexity index is 1150. The molecule has 3 aromatic rings. The maximum atomic E-state index is 13.1. The van der Waals surface area contributed by atoms with Crippen molar-refractivity contribution in [3.63, 3.8) is 0 Å². The predicted molar refractivity (Wildman–Crippen MR) is 123 cm³/mol. The summed E-state index contributed by atoms with van der Waals surface area (Å²) in [5, 5.41) is 2.87. The zero-order valence-corrected chi connectivity index (χ0v) is 18.5. The molecule has 2 amide bonds. The Morgan fingerprint density at radius 1 is 1.09 bits per heavy atom. The van der Waals surface area contributed by atoms with Crippen LogP contribution in [0.5, 0.6) is 11.5 Å². The van der Waals surface area contributed by atoms with Gasteiger partial charge in [-0.15, -0.1) is 0 Å². The van der Waals surface area contributed by atoms with Crippen molar-refractivity contribution in [2.75, 3.05) is 12.4 Å². The fourth-order valence-electron chi connectivity index (χ4n) is 3.76. The summed E-state index contributed by atoms with van der Waals surface area (Å²) >= 11 is 0. The smallest absolute Gasteiger partial charge is 0.263 e. The Morgan fingerprint density at radius 3 is 2.48 bits per heavy atom. The van der Waals surface area contributed by atoms with Crippen LogP contribution in [0.3, 0.4) is 0 Å². The standard InChI is InChI=1S/C26H25FN2O4/c1-17-26(31)29(15-19-5-10-23(32-2)11-6-19)16-20-14-22(9-12-24(20)33-17)28-25(30)13-18-3-7-21(27)8-4-18/h3-12,14,17H,13,15-16H2,1-2H3,(H,28,30). The van der Waals surface area contributed by atoms with Gasteiger partial charge in [0.1, 0.15) is 17.3 Å². The zero-order valence-electron chi connectivity index (χ0n) is 18.5. The van der Waals surface area contributed by atoms with Crippen LogP contribution < -0.4 is 14.8 Å².